The lowest BCUT2D eigenvalue weighted by atomic mass is 9.89. The molecule has 6 aromatic heterocycles. The number of nitrogens with one attached hydrogen (secondary N) is 4. The van der Waals surface area contributed by atoms with Crippen LogP contribution in [-0.2, 0) is 20.0 Å². The van der Waals surface area contributed by atoms with Crippen molar-refractivity contribution >= 4 is 60.9 Å². The summed E-state index contributed by atoms with van der Waals surface area (Å²) >= 11 is 6.30. The zero-order valence-corrected chi connectivity index (χ0v) is 52.0. The minimum atomic E-state index is -4.25. The van der Waals surface area contributed by atoms with Gasteiger partial charge >= 0.3 is 0 Å². The highest BCUT2D eigenvalue weighted by Crippen LogP contribution is 2.49. The minimum absolute atomic E-state index is 0.0878. The van der Waals surface area contributed by atoms with E-state index in [0.717, 1.165) is 63.7 Å². The van der Waals surface area contributed by atoms with Crippen LogP contribution in [0.4, 0.5) is 17.5 Å². The first-order valence-corrected chi connectivity index (χ1v) is 33.2. The van der Waals surface area contributed by atoms with E-state index in [9.17, 15) is 26.4 Å². The fourth-order valence-corrected chi connectivity index (χ4v) is 13.6. The number of sulfonamides is 2. The van der Waals surface area contributed by atoms with Crippen molar-refractivity contribution < 1.29 is 35.9 Å². The number of unbranched alkanes of at least 4 members (excludes halogenated alkanes) is 1. The lowest BCUT2D eigenvalue weighted by Gasteiger charge is -2.38. The SMILES string of the molecule is CC1(C)CCC(CCCCNc2cccc(S(=O)(=O)NC(=O)c3ccc(-n4ccc(OCCC5(C)CC5)n4)nc3Cl)n2)C1.CC1(CCOc2ccn(-c3ccc4c(n3)N3C(CCCCNc5cccc(n5)S(=O)(=O)NC4=O)CCC3(C)C)n2)CC1. The maximum Gasteiger partial charge on any atom is 0.281 e. The van der Waals surface area contributed by atoms with Crippen LogP contribution >= 0.6 is 11.6 Å². The second-order valence-electron chi connectivity index (χ2n) is 25.6. The molecule has 11 rings (SSSR count). The molecule has 24 heteroatoms. The second-order valence-corrected chi connectivity index (χ2v) is 29.3. The van der Waals surface area contributed by atoms with Crippen molar-refractivity contribution in [2.75, 3.05) is 41.8 Å². The number of amides is 2. The van der Waals surface area contributed by atoms with Crippen LogP contribution in [0.25, 0.3) is 11.6 Å². The summed E-state index contributed by atoms with van der Waals surface area (Å²) in [5.41, 5.74) is 1.07. The average Bonchev–Trinajstić information content (AvgIpc) is 3.65. The summed E-state index contributed by atoms with van der Waals surface area (Å²) in [6.45, 7) is 16.0. The summed E-state index contributed by atoms with van der Waals surface area (Å²) in [6.07, 6.45) is 22.2. The Kier molecular flexibility index (Phi) is 18.2. The van der Waals surface area contributed by atoms with E-state index >= 15 is 0 Å². The Hall–Kier alpha value is -6.85. The normalized spacial score (nSPS) is 20.6. The number of ether oxygens (including phenoxy) is 2. The minimum Gasteiger partial charge on any atom is -0.477 e. The summed E-state index contributed by atoms with van der Waals surface area (Å²) in [4.78, 5) is 46.4. The molecule has 2 atom stereocenters. The zero-order chi connectivity index (χ0) is 60.2. The zero-order valence-electron chi connectivity index (χ0n) is 49.6. The topological polar surface area (TPSA) is 259 Å². The Morgan fingerprint density at radius 2 is 1.42 bits per heavy atom. The van der Waals surface area contributed by atoms with E-state index < -0.39 is 31.9 Å². The molecule has 3 saturated carbocycles. The quantitative estimate of drug-likeness (QED) is 0.0434. The van der Waals surface area contributed by atoms with Gasteiger partial charge in [-0.05, 0) is 181 Å². The standard InChI is InChI=1S/C31H41ClN6O4S.C30H39N7O4S/c1-30(2)14-12-22(21-30)7-4-5-18-33-24-8-6-9-27(34-24)43(40,41)37-29(39)23-10-11-25(35-28(23)32)38-19-13-26(36-38)42-20-17-31(3)15-16-31;1-29(2)14-12-21-7-4-5-18-31-23-8-6-9-26(32-23)42(39,40)35-28(38)22-10-11-24(33-27(22)37(21)29)36-19-13-25(34-36)41-20-17-30(3)15-16-30/h6,8-11,13,19,22H,4-5,7,12,14-18,20-21H2,1-3H3,(H,33,34)(H,37,39);6,8-11,13,19,21H,4-5,7,12,14-18,20H2,1-3H3,(H,31,32)(H,35,38). The van der Waals surface area contributed by atoms with E-state index in [2.05, 4.69) is 91.7 Å². The summed E-state index contributed by atoms with van der Waals surface area (Å²) in [7, 11) is -8.48. The number of hydrogen-bond acceptors (Lipinski definition) is 17. The highest BCUT2D eigenvalue weighted by molar-refractivity contribution is 7.90. The molecule has 1 saturated heterocycles. The van der Waals surface area contributed by atoms with Gasteiger partial charge in [-0.25, -0.2) is 38.7 Å². The molecule has 456 valence electrons. The predicted octanol–water partition coefficient (Wildman–Crippen LogP) is 11.1. The first kappa shape index (κ1) is 61.2. The van der Waals surface area contributed by atoms with E-state index in [-0.39, 0.29) is 37.9 Å². The summed E-state index contributed by atoms with van der Waals surface area (Å²) in [6, 6.07) is 19.3. The molecule has 2 unspecified atom stereocenters. The van der Waals surface area contributed by atoms with Gasteiger partial charge in [0.15, 0.2) is 21.7 Å². The van der Waals surface area contributed by atoms with Gasteiger partial charge in [0.05, 0.1) is 24.3 Å². The number of nitrogens with zero attached hydrogens (tertiary/aromatic N) is 9. The number of aromatic nitrogens is 8. The Morgan fingerprint density at radius 1 is 0.753 bits per heavy atom. The van der Waals surface area contributed by atoms with E-state index in [1.807, 2.05) is 6.07 Å². The Morgan fingerprint density at radius 3 is 2.08 bits per heavy atom. The second kappa shape index (κ2) is 25.2. The van der Waals surface area contributed by atoms with E-state index in [0.29, 0.717) is 83.4 Å². The monoisotopic (exact) mass is 1220 g/mol. The molecule has 0 radical (unpaired) electrons. The molecule has 0 spiro atoms. The highest BCUT2D eigenvalue weighted by Gasteiger charge is 2.43. The molecule has 4 fully saturated rings. The van der Waals surface area contributed by atoms with Gasteiger partial charge in [-0.1, -0.05) is 64.3 Å². The lowest BCUT2D eigenvalue weighted by Crippen LogP contribution is -2.45. The Balaban J connectivity index is 0.000000189. The fourth-order valence-electron chi connectivity index (χ4n) is 11.5. The molecule has 4 N–H and O–H groups in total. The predicted molar refractivity (Wildman–Crippen MR) is 326 cm³/mol. The third kappa shape index (κ3) is 15.8. The maximum absolute atomic E-state index is 13.7. The van der Waals surface area contributed by atoms with Crippen LogP contribution in [0.3, 0.4) is 0 Å². The molecule has 21 nitrogen and oxygen atoms in total. The van der Waals surface area contributed by atoms with Gasteiger partial charge < -0.3 is 25.0 Å². The molecule has 3 aliphatic carbocycles. The van der Waals surface area contributed by atoms with Crippen molar-refractivity contribution in [1.82, 2.24) is 48.9 Å². The van der Waals surface area contributed by atoms with Crippen LogP contribution in [-0.4, -0.2) is 106 Å². The number of anilines is 3. The molecule has 8 heterocycles. The molecular formula is C61H80ClN13O8S2. The number of rotatable bonds is 19. The fraction of sp³-hybridized carbons (Fsp3) is 0.541. The van der Waals surface area contributed by atoms with E-state index in [4.69, 9.17) is 26.1 Å². The van der Waals surface area contributed by atoms with Crippen LogP contribution in [0.5, 0.6) is 11.8 Å². The van der Waals surface area contributed by atoms with Crippen molar-refractivity contribution in [3.8, 4) is 23.4 Å². The van der Waals surface area contributed by atoms with Crippen molar-refractivity contribution in [3.05, 3.63) is 101 Å². The molecule has 6 aromatic rings. The Bertz CT molecular complexity index is 3600. The van der Waals surface area contributed by atoms with Gasteiger partial charge in [0.2, 0.25) is 11.8 Å². The van der Waals surface area contributed by atoms with Gasteiger partial charge in [0.1, 0.15) is 22.6 Å². The third-order valence-electron chi connectivity index (χ3n) is 17.4. The van der Waals surface area contributed by atoms with Gasteiger partial charge in [-0.3, -0.25) is 9.59 Å². The maximum atomic E-state index is 13.7. The van der Waals surface area contributed by atoms with E-state index in [1.165, 1.54) is 80.3 Å². The molecule has 2 bridgehead atoms. The summed E-state index contributed by atoms with van der Waals surface area (Å²) < 4.78 is 71.5. The lowest BCUT2D eigenvalue weighted by molar-refractivity contribution is 0.0972. The first-order valence-electron chi connectivity index (χ1n) is 29.9. The number of halogens is 1. The number of hydrogen-bond donors (Lipinski definition) is 4. The molecular weight excluding hydrogens is 1140 g/mol. The van der Waals surface area contributed by atoms with Crippen molar-refractivity contribution in [2.24, 2.45) is 22.2 Å². The van der Waals surface area contributed by atoms with Crippen molar-refractivity contribution in [3.63, 3.8) is 0 Å². The molecule has 2 aliphatic heterocycles. The Labute approximate surface area is 504 Å². The summed E-state index contributed by atoms with van der Waals surface area (Å²) in [5.74, 6) is 2.35. The van der Waals surface area contributed by atoms with Crippen LogP contribution in [0.15, 0.2) is 95.2 Å². The largest absolute Gasteiger partial charge is 0.477 e. The van der Waals surface area contributed by atoms with Gasteiger partial charge in [0, 0.05) is 49.2 Å². The van der Waals surface area contributed by atoms with Gasteiger partial charge in [-0.15, -0.1) is 10.2 Å². The van der Waals surface area contributed by atoms with Crippen LogP contribution in [0, 0.1) is 22.2 Å². The third-order valence-corrected chi connectivity index (χ3v) is 20.1. The smallest absolute Gasteiger partial charge is 0.281 e. The molecule has 0 aromatic carbocycles. The van der Waals surface area contributed by atoms with Gasteiger partial charge in [0.25, 0.3) is 31.9 Å². The first-order chi connectivity index (χ1) is 40.4. The van der Waals surface area contributed by atoms with Crippen LogP contribution in [0.1, 0.15) is 171 Å². The van der Waals surface area contributed by atoms with Crippen molar-refractivity contribution in [1.29, 1.82) is 0 Å². The van der Waals surface area contributed by atoms with Crippen LogP contribution in [0.2, 0.25) is 5.15 Å². The number of fused-ring (bicyclic) bond motifs is 5. The van der Waals surface area contributed by atoms with Gasteiger partial charge in [-0.2, -0.15) is 16.8 Å². The molecule has 5 aliphatic rings. The van der Waals surface area contributed by atoms with Crippen molar-refractivity contribution in [2.45, 2.75) is 172 Å². The van der Waals surface area contributed by atoms with Crippen LogP contribution < -0.4 is 34.5 Å². The molecule has 2 amide bonds. The van der Waals surface area contributed by atoms with E-state index in [1.54, 1.807) is 59.5 Å². The number of carbonyl (C=O) groups is 2. The summed E-state index contributed by atoms with van der Waals surface area (Å²) in [5, 5.41) is 14.7. The number of carbonyl (C=O) groups excluding carboxylic acids is 2. The highest BCUT2D eigenvalue weighted by atomic mass is 35.5. The number of pyridine rings is 4. The molecule has 85 heavy (non-hydrogen) atoms. The average molecular weight is 1220 g/mol.